The Morgan fingerprint density at radius 2 is 1.91 bits per heavy atom. The number of ether oxygens (including phenoxy) is 2. The van der Waals surface area contributed by atoms with E-state index in [0.29, 0.717) is 39.4 Å². The first-order chi connectivity index (χ1) is 15.8. The number of nitrogens with one attached hydrogen (secondary N) is 1. The molecule has 0 aromatic heterocycles. The number of thiocarbonyl (C=S) groups is 1. The third-order valence-electron chi connectivity index (χ3n) is 4.76. The smallest absolute Gasteiger partial charge is 0.335 e. The zero-order valence-corrected chi connectivity index (χ0v) is 19.6. The van der Waals surface area contributed by atoms with Crippen molar-refractivity contribution in [3.63, 3.8) is 0 Å². The molecule has 3 rings (SSSR count). The molecule has 0 unspecified atom stereocenters. The van der Waals surface area contributed by atoms with Crippen molar-refractivity contribution in [1.82, 2.24) is 4.90 Å². The molecule has 0 bridgehead atoms. The highest BCUT2D eigenvalue weighted by atomic mass is 32.2. The number of amides is 2. The minimum absolute atomic E-state index is 0.0895. The van der Waals surface area contributed by atoms with Crippen LogP contribution >= 0.6 is 24.0 Å². The maximum atomic E-state index is 12.8. The maximum Gasteiger partial charge on any atom is 0.335 e. The monoisotopic (exact) mass is 486 g/mol. The van der Waals surface area contributed by atoms with Crippen LogP contribution in [0.15, 0.2) is 47.4 Å². The predicted molar refractivity (Wildman–Crippen MR) is 131 cm³/mol. The van der Waals surface area contributed by atoms with Crippen LogP contribution in [0.4, 0.5) is 5.69 Å². The lowest BCUT2D eigenvalue weighted by Crippen LogP contribution is -2.29. The van der Waals surface area contributed by atoms with Gasteiger partial charge in [-0.3, -0.25) is 14.5 Å². The molecule has 2 N–H and O–H groups in total. The lowest BCUT2D eigenvalue weighted by Gasteiger charge is -2.14. The second-order valence-corrected chi connectivity index (χ2v) is 8.66. The van der Waals surface area contributed by atoms with Crippen LogP contribution in [0.5, 0.6) is 11.5 Å². The van der Waals surface area contributed by atoms with Crippen LogP contribution in [-0.4, -0.2) is 52.9 Å². The summed E-state index contributed by atoms with van der Waals surface area (Å²) in [6.45, 7) is 0.302. The van der Waals surface area contributed by atoms with Gasteiger partial charge in [0.15, 0.2) is 11.5 Å². The first kappa shape index (κ1) is 24.3. The quantitative estimate of drug-likeness (QED) is 0.405. The van der Waals surface area contributed by atoms with Crippen LogP contribution in [0.25, 0.3) is 6.08 Å². The molecule has 1 aliphatic heterocycles. The van der Waals surface area contributed by atoms with Gasteiger partial charge in [-0.15, -0.1) is 0 Å². The van der Waals surface area contributed by atoms with Crippen LogP contribution in [0.2, 0.25) is 0 Å². The summed E-state index contributed by atoms with van der Waals surface area (Å²) in [6.07, 6.45) is 2.30. The molecule has 0 atom stereocenters. The van der Waals surface area contributed by atoms with E-state index >= 15 is 0 Å². The van der Waals surface area contributed by atoms with Gasteiger partial charge in [0.2, 0.25) is 5.91 Å². The van der Waals surface area contributed by atoms with E-state index in [-0.39, 0.29) is 23.8 Å². The summed E-state index contributed by atoms with van der Waals surface area (Å²) in [7, 11) is 3.09. The molecule has 1 heterocycles. The molecule has 0 radical (unpaired) electrons. The van der Waals surface area contributed by atoms with Crippen LogP contribution in [0.3, 0.4) is 0 Å². The van der Waals surface area contributed by atoms with Crippen molar-refractivity contribution in [2.75, 3.05) is 26.1 Å². The lowest BCUT2D eigenvalue weighted by molar-refractivity contribution is -0.122. The first-order valence-electron chi connectivity index (χ1n) is 9.93. The van der Waals surface area contributed by atoms with Gasteiger partial charge in [0.1, 0.15) is 4.32 Å². The van der Waals surface area contributed by atoms with Gasteiger partial charge in [0.25, 0.3) is 5.91 Å². The Morgan fingerprint density at radius 1 is 1.15 bits per heavy atom. The second-order valence-electron chi connectivity index (χ2n) is 6.99. The zero-order chi connectivity index (χ0) is 24.0. The molecule has 2 amide bonds. The molecule has 2 aromatic carbocycles. The molecule has 8 nitrogen and oxygen atoms in total. The summed E-state index contributed by atoms with van der Waals surface area (Å²) in [5, 5.41) is 11.7. The Labute approximate surface area is 200 Å². The largest absolute Gasteiger partial charge is 0.493 e. The van der Waals surface area contributed by atoms with E-state index in [0.717, 1.165) is 5.56 Å². The third kappa shape index (κ3) is 6.11. The van der Waals surface area contributed by atoms with E-state index in [1.165, 1.54) is 28.8 Å². The van der Waals surface area contributed by atoms with Crippen molar-refractivity contribution in [3.8, 4) is 11.5 Å². The maximum absolute atomic E-state index is 12.8. The lowest BCUT2D eigenvalue weighted by atomic mass is 10.2. The molecule has 0 spiro atoms. The van der Waals surface area contributed by atoms with Crippen LogP contribution in [0.1, 0.15) is 28.8 Å². The van der Waals surface area contributed by atoms with Crippen molar-refractivity contribution in [2.45, 2.75) is 12.8 Å². The molecule has 33 heavy (non-hydrogen) atoms. The third-order valence-corrected chi connectivity index (χ3v) is 6.14. The van der Waals surface area contributed by atoms with Crippen molar-refractivity contribution in [1.29, 1.82) is 0 Å². The summed E-state index contributed by atoms with van der Waals surface area (Å²) < 4.78 is 11.0. The minimum Gasteiger partial charge on any atom is -0.493 e. The number of carbonyl (C=O) groups is 3. The standard InChI is InChI=1S/C23H22N2O6S2/c1-30-17-9-8-14(11-18(17)31-2)12-19-21(27)25(23(32)33-19)10-4-7-20(26)24-16-6-3-5-15(13-16)22(28)29/h3,5-6,8-9,11-13H,4,7,10H2,1-2H3,(H,24,26)(H,28,29). The molecule has 0 saturated carbocycles. The Bertz CT molecular complexity index is 1130. The first-order valence-corrected chi connectivity index (χ1v) is 11.2. The topological polar surface area (TPSA) is 105 Å². The summed E-state index contributed by atoms with van der Waals surface area (Å²) in [5.74, 6) is -0.406. The fourth-order valence-corrected chi connectivity index (χ4v) is 4.45. The molecule has 1 saturated heterocycles. The molecular weight excluding hydrogens is 464 g/mol. The van der Waals surface area contributed by atoms with Gasteiger partial charge in [0, 0.05) is 18.7 Å². The number of aromatic carboxylic acids is 1. The highest BCUT2D eigenvalue weighted by Crippen LogP contribution is 2.34. The van der Waals surface area contributed by atoms with Crippen LogP contribution < -0.4 is 14.8 Å². The number of nitrogens with zero attached hydrogens (tertiary/aromatic N) is 1. The molecule has 0 aliphatic carbocycles. The predicted octanol–water partition coefficient (Wildman–Crippen LogP) is 4.02. The summed E-state index contributed by atoms with van der Waals surface area (Å²) in [4.78, 5) is 38.0. The average molecular weight is 487 g/mol. The number of anilines is 1. The molecule has 10 heteroatoms. The number of methoxy groups -OCH3 is 2. The number of thioether (sulfide) groups is 1. The van der Waals surface area contributed by atoms with Crippen LogP contribution in [0, 0.1) is 0 Å². The number of hydrogen-bond donors (Lipinski definition) is 2. The molecule has 1 aliphatic rings. The molecular formula is C23H22N2O6S2. The fraction of sp³-hybridized carbons (Fsp3) is 0.217. The minimum atomic E-state index is -1.07. The van der Waals surface area contributed by atoms with E-state index in [1.807, 2.05) is 6.07 Å². The fourth-order valence-electron chi connectivity index (χ4n) is 3.14. The van der Waals surface area contributed by atoms with Gasteiger partial charge >= 0.3 is 5.97 Å². The number of carboxylic acid groups (broad SMARTS) is 1. The SMILES string of the molecule is COc1ccc(C=C2SC(=S)N(CCCC(=O)Nc3cccc(C(=O)O)c3)C2=O)cc1OC. The van der Waals surface area contributed by atoms with Gasteiger partial charge in [-0.05, 0) is 48.4 Å². The van der Waals surface area contributed by atoms with Crippen molar-refractivity contribution in [3.05, 3.63) is 58.5 Å². The number of carbonyl (C=O) groups excluding carboxylic acids is 2. The van der Waals surface area contributed by atoms with Gasteiger partial charge in [-0.25, -0.2) is 4.79 Å². The highest BCUT2D eigenvalue weighted by molar-refractivity contribution is 8.26. The van der Waals surface area contributed by atoms with Gasteiger partial charge in [-0.2, -0.15) is 0 Å². The van der Waals surface area contributed by atoms with Gasteiger partial charge in [-0.1, -0.05) is 36.1 Å². The summed E-state index contributed by atoms with van der Waals surface area (Å²) in [5.41, 5.74) is 1.27. The number of benzene rings is 2. The van der Waals surface area contributed by atoms with E-state index in [2.05, 4.69) is 5.32 Å². The Morgan fingerprint density at radius 3 is 2.61 bits per heavy atom. The Hall–Kier alpha value is -3.37. The van der Waals surface area contributed by atoms with E-state index < -0.39 is 5.97 Å². The van der Waals surface area contributed by atoms with Crippen molar-refractivity contribution < 1.29 is 29.0 Å². The average Bonchev–Trinajstić information content (AvgIpc) is 3.06. The van der Waals surface area contributed by atoms with Gasteiger partial charge < -0.3 is 19.9 Å². The number of carboxylic acids is 1. The zero-order valence-electron chi connectivity index (χ0n) is 18.0. The summed E-state index contributed by atoms with van der Waals surface area (Å²) in [6, 6.07) is 11.4. The number of rotatable bonds is 9. The molecule has 1 fully saturated rings. The highest BCUT2D eigenvalue weighted by Gasteiger charge is 2.31. The van der Waals surface area contributed by atoms with E-state index in [1.54, 1.807) is 44.6 Å². The van der Waals surface area contributed by atoms with E-state index in [4.69, 9.17) is 26.8 Å². The van der Waals surface area contributed by atoms with E-state index in [9.17, 15) is 14.4 Å². The van der Waals surface area contributed by atoms with Gasteiger partial charge in [0.05, 0.1) is 24.7 Å². The molecule has 2 aromatic rings. The van der Waals surface area contributed by atoms with Crippen LogP contribution in [-0.2, 0) is 9.59 Å². The second kappa shape index (κ2) is 11.0. The normalized spacial score (nSPS) is 14.5. The number of hydrogen-bond acceptors (Lipinski definition) is 7. The Balaban J connectivity index is 1.57. The Kier molecular flexibility index (Phi) is 8.07. The van der Waals surface area contributed by atoms with Crippen molar-refractivity contribution >= 4 is 57.8 Å². The summed E-state index contributed by atoms with van der Waals surface area (Å²) >= 11 is 6.55. The van der Waals surface area contributed by atoms with Crippen molar-refractivity contribution in [2.24, 2.45) is 0 Å². The molecule has 172 valence electrons.